The maximum absolute atomic E-state index is 12.2. The van der Waals surface area contributed by atoms with E-state index < -0.39 is 5.97 Å². The van der Waals surface area contributed by atoms with Gasteiger partial charge in [0.05, 0.1) is 6.20 Å². The Kier molecular flexibility index (Phi) is 5.60. The number of amides is 1. The summed E-state index contributed by atoms with van der Waals surface area (Å²) < 4.78 is 6.56. The molecule has 140 valence electrons. The topological polar surface area (TPSA) is 114 Å². The lowest BCUT2D eigenvalue weighted by Gasteiger charge is -2.16. The third kappa shape index (κ3) is 4.78. The number of hydrogen-bond donors (Lipinski definition) is 1. The van der Waals surface area contributed by atoms with Gasteiger partial charge in [0, 0.05) is 31.6 Å². The van der Waals surface area contributed by atoms with Gasteiger partial charge in [0.25, 0.3) is 0 Å². The fourth-order valence-corrected chi connectivity index (χ4v) is 2.52. The number of rotatable bonds is 8. The van der Waals surface area contributed by atoms with Crippen LogP contribution >= 0.6 is 0 Å². The maximum atomic E-state index is 12.2. The Balaban J connectivity index is 1.46. The Morgan fingerprint density at radius 1 is 1.26 bits per heavy atom. The predicted octanol–water partition coefficient (Wildman–Crippen LogP) is 1.72. The third-order valence-electron chi connectivity index (χ3n) is 4.03. The van der Waals surface area contributed by atoms with Gasteiger partial charge in [-0.05, 0) is 6.42 Å². The van der Waals surface area contributed by atoms with Crippen molar-refractivity contribution < 1.29 is 19.2 Å². The highest BCUT2D eigenvalue weighted by molar-refractivity contribution is 5.84. The van der Waals surface area contributed by atoms with Crippen molar-refractivity contribution in [3.8, 4) is 11.3 Å². The smallest absolute Gasteiger partial charge is 0.358 e. The van der Waals surface area contributed by atoms with Crippen molar-refractivity contribution in [3.63, 3.8) is 0 Å². The van der Waals surface area contributed by atoms with Crippen molar-refractivity contribution in [2.45, 2.75) is 19.4 Å². The number of carbonyl (C=O) groups is 2. The molecule has 3 rings (SSSR count). The molecule has 9 heteroatoms. The van der Waals surface area contributed by atoms with Crippen molar-refractivity contribution in [2.24, 2.45) is 0 Å². The van der Waals surface area contributed by atoms with E-state index in [2.05, 4.69) is 15.5 Å². The van der Waals surface area contributed by atoms with Crippen LogP contribution in [0.15, 0.2) is 47.1 Å². The molecule has 0 fully saturated rings. The van der Waals surface area contributed by atoms with Crippen molar-refractivity contribution in [2.75, 3.05) is 13.6 Å². The molecule has 1 aromatic carbocycles. The minimum atomic E-state index is -1.18. The van der Waals surface area contributed by atoms with E-state index in [0.717, 1.165) is 17.0 Å². The second-order valence-electron chi connectivity index (χ2n) is 6.07. The highest BCUT2D eigenvalue weighted by atomic mass is 16.5. The van der Waals surface area contributed by atoms with Gasteiger partial charge in [0.1, 0.15) is 18.0 Å². The number of aromatic carboxylic acids is 1. The number of carbonyl (C=O) groups excluding carboxylic acids is 1. The lowest BCUT2D eigenvalue weighted by atomic mass is 10.1. The first kappa shape index (κ1) is 18.3. The van der Waals surface area contributed by atoms with E-state index in [1.165, 1.54) is 10.9 Å². The van der Waals surface area contributed by atoms with Crippen molar-refractivity contribution in [3.05, 3.63) is 54.0 Å². The first-order valence-electron chi connectivity index (χ1n) is 8.41. The minimum Gasteiger partial charge on any atom is -0.476 e. The number of aromatic nitrogens is 4. The average Bonchev–Trinajstić information content (AvgIpc) is 3.32. The molecule has 0 radical (unpaired) electrons. The molecule has 0 unspecified atom stereocenters. The van der Waals surface area contributed by atoms with Crippen molar-refractivity contribution in [1.29, 1.82) is 0 Å². The van der Waals surface area contributed by atoms with Gasteiger partial charge in [0.2, 0.25) is 5.91 Å². The summed E-state index contributed by atoms with van der Waals surface area (Å²) in [5.74, 6) is -0.597. The summed E-state index contributed by atoms with van der Waals surface area (Å²) in [6.45, 7) is 0.470. The first-order chi connectivity index (χ1) is 13.0. The monoisotopic (exact) mass is 369 g/mol. The summed E-state index contributed by atoms with van der Waals surface area (Å²) in [4.78, 5) is 24.5. The molecule has 0 spiro atoms. The van der Waals surface area contributed by atoms with Crippen molar-refractivity contribution in [1.82, 2.24) is 25.1 Å². The van der Waals surface area contributed by atoms with E-state index >= 15 is 0 Å². The van der Waals surface area contributed by atoms with Crippen molar-refractivity contribution >= 4 is 11.9 Å². The van der Waals surface area contributed by atoms with E-state index in [-0.39, 0.29) is 18.1 Å². The molecule has 0 aliphatic carbocycles. The average molecular weight is 369 g/mol. The van der Waals surface area contributed by atoms with Crippen LogP contribution in [0.3, 0.4) is 0 Å². The summed E-state index contributed by atoms with van der Waals surface area (Å²) in [7, 11) is 1.69. The molecule has 2 heterocycles. The highest BCUT2D eigenvalue weighted by Gasteiger charge is 2.14. The van der Waals surface area contributed by atoms with Crippen LogP contribution in [0.5, 0.6) is 0 Å². The minimum absolute atomic E-state index is 0.0583. The van der Waals surface area contributed by atoms with Gasteiger partial charge >= 0.3 is 5.97 Å². The number of hydrogen-bond acceptors (Lipinski definition) is 6. The molecule has 0 aliphatic rings. The fraction of sp³-hybridized carbons (Fsp3) is 0.278. The molecule has 0 saturated carbocycles. The number of nitrogens with zero attached hydrogens (tertiary/aromatic N) is 5. The van der Waals surface area contributed by atoms with Gasteiger partial charge < -0.3 is 14.5 Å². The Hall–Kier alpha value is -3.49. The third-order valence-corrected chi connectivity index (χ3v) is 4.03. The molecule has 1 N–H and O–H groups in total. The Labute approximate surface area is 155 Å². The van der Waals surface area contributed by atoms with Gasteiger partial charge in [-0.15, -0.1) is 5.10 Å². The number of carboxylic acids is 1. The van der Waals surface area contributed by atoms with E-state index in [9.17, 15) is 9.59 Å². The molecular formula is C18H19N5O4. The van der Waals surface area contributed by atoms with Gasteiger partial charge in [0.15, 0.2) is 5.69 Å². The van der Waals surface area contributed by atoms with Crippen LogP contribution < -0.4 is 0 Å². The van der Waals surface area contributed by atoms with Gasteiger partial charge in [-0.3, -0.25) is 4.79 Å². The summed E-state index contributed by atoms with van der Waals surface area (Å²) in [5.41, 5.74) is 1.59. The molecule has 0 saturated heterocycles. The molecule has 0 aliphatic heterocycles. The quantitative estimate of drug-likeness (QED) is 0.643. The standard InChI is InChI=1S/C18H19N5O4/c1-22(17(24)12-23-11-16(18(25)26)19-21-23)9-5-8-14-10-15(20-27-14)13-6-3-2-4-7-13/h2-4,6-7,10-11H,5,8-9,12H2,1H3,(H,25,26). The summed E-state index contributed by atoms with van der Waals surface area (Å²) in [6.07, 6.45) is 2.60. The van der Waals surface area contributed by atoms with Crippen LogP contribution in [0.2, 0.25) is 0 Å². The van der Waals surface area contributed by atoms with Gasteiger partial charge in [-0.25, -0.2) is 9.48 Å². The summed E-state index contributed by atoms with van der Waals surface area (Å²) in [5, 5.41) is 20.0. The molecule has 27 heavy (non-hydrogen) atoms. The SMILES string of the molecule is CN(CCCc1cc(-c2ccccc2)no1)C(=O)Cn1cc(C(=O)O)nn1. The van der Waals surface area contributed by atoms with E-state index in [4.69, 9.17) is 9.63 Å². The van der Waals surface area contributed by atoms with E-state index in [1.54, 1.807) is 11.9 Å². The molecule has 3 aromatic rings. The van der Waals surface area contributed by atoms with Crippen LogP contribution in [-0.4, -0.2) is 55.6 Å². The largest absolute Gasteiger partial charge is 0.476 e. The normalized spacial score (nSPS) is 10.7. The molecule has 0 atom stereocenters. The molecule has 0 bridgehead atoms. The summed E-state index contributed by atoms with van der Waals surface area (Å²) >= 11 is 0. The lowest BCUT2D eigenvalue weighted by molar-refractivity contribution is -0.130. The van der Waals surface area contributed by atoms with Crippen LogP contribution in [0.4, 0.5) is 0 Å². The van der Waals surface area contributed by atoms with E-state index in [0.29, 0.717) is 19.4 Å². The molecular weight excluding hydrogens is 350 g/mol. The fourth-order valence-electron chi connectivity index (χ4n) is 2.52. The lowest BCUT2D eigenvalue weighted by Crippen LogP contribution is -2.31. The predicted molar refractivity (Wildman–Crippen MR) is 94.9 cm³/mol. The van der Waals surface area contributed by atoms with Crippen LogP contribution in [0.1, 0.15) is 22.7 Å². The second-order valence-corrected chi connectivity index (χ2v) is 6.07. The Morgan fingerprint density at radius 2 is 2.04 bits per heavy atom. The van der Waals surface area contributed by atoms with Crippen LogP contribution in [0, 0.1) is 0 Å². The van der Waals surface area contributed by atoms with Gasteiger partial charge in [-0.1, -0.05) is 40.7 Å². The summed E-state index contributed by atoms with van der Waals surface area (Å²) in [6, 6.07) is 11.7. The maximum Gasteiger partial charge on any atom is 0.358 e. The molecule has 9 nitrogen and oxygen atoms in total. The number of carboxylic acid groups (broad SMARTS) is 1. The first-order valence-corrected chi connectivity index (χ1v) is 8.41. The number of likely N-dealkylation sites (N-methyl/N-ethyl adjacent to an activating group) is 1. The number of aryl methyl sites for hydroxylation is 1. The van der Waals surface area contributed by atoms with E-state index in [1.807, 2.05) is 36.4 Å². The Morgan fingerprint density at radius 3 is 2.74 bits per heavy atom. The van der Waals surface area contributed by atoms with Crippen LogP contribution in [-0.2, 0) is 17.8 Å². The molecule has 2 aromatic heterocycles. The zero-order valence-electron chi connectivity index (χ0n) is 14.8. The zero-order chi connectivity index (χ0) is 19.2. The van der Waals surface area contributed by atoms with Crippen LogP contribution in [0.25, 0.3) is 11.3 Å². The second kappa shape index (κ2) is 8.26. The number of benzene rings is 1. The van der Waals surface area contributed by atoms with Gasteiger partial charge in [-0.2, -0.15) is 0 Å². The molecule has 1 amide bonds. The zero-order valence-corrected chi connectivity index (χ0v) is 14.8. The Bertz CT molecular complexity index is 919. The highest BCUT2D eigenvalue weighted by Crippen LogP contribution is 2.19.